The standard InChI is InChI=1S/C24H32N2O3S/c1-16-4-7-22(17(2)12-16)29-15-21-20-9-11-30-23(20)8-10-26(21)24(28)14-25(13-18(3)27)19-5-6-19/h4,7,9,11-12,18-19,21,27H,5-6,8,10,13-15H2,1-3H3/t18-,21-/m1/s1. The highest BCUT2D eigenvalue weighted by atomic mass is 32.1. The second-order valence-electron chi connectivity index (χ2n) is 8.74. The van der Waals surface area contributed by atoms with E-state index in [9.17, 15) is 9.90 Å². The third kappa shape index (κ3) is 4.88. The van der Waals surface area contributed by atoms with Gasteiger partial charge in [0.2, 0.25) is 5.91 Å². The third-order valence-electron chi connectivity index (χ3n) is 6.04. The Morgan fingerprint density at radius 3 is 2.83 bits per heavy atom. The second kappa shape index (κ2) is 9.08. The number of hydrogen-bond acceptors (Lipinski definition) is 5. The fourth-order valence-electron chi connectivity index (χ4n) is 4.39. The van der Waals surface area contributed by atoms with E-state index in [-0.39, 0.29) is 11.9 Å². The van der Waals surface area contributed by atoms with Crippen molar-refractivity contribution in [3.05, 3.63) is 51.2 Å². The Balaban J connectivity index is 1.50. The zero-order valence-corrected chi connectivity index (χ0v) is 19.0. The number of fused-ring (bicyclic) bond motifs is 1. The quantitative estimate of drug-likeness (QED) is 0.696. The zero-order valence-electron chi connectivity index (χ0n) is 18.1. The predicted molar refractivity (Wildman–Crippen MR) is 120 cm³/mol. The number of aliphatic hydroxyl groups excluding tert-OH is 1. The van der Waals surface area contributed by atoms with Crippen molar-refractivity contribution in [1.82, 2.24) is 9.80 Å². The van der Waals surface area contributed by atoms with Crippen LogP contribution in [0.5, 0.6) is 5.75 Å². The van der Waals surface area contributed by atoms with Gasteiger partial charge in [0.25, 0.3) is 0 Å². The monoisotopic (exact) mass is 428 g/mol. The Labute approximate surface area is 183 Å². The molecule has 30 heavy (non-hydrogen) atoms. The van der Waals surface area contributed by atoms with E-state index in [2.05, 4.69) is 42.3 Å². The Kier molecular flexibility index (Phi) is 6.46. The number of aryl methyl sites for hydroxylation is 2. The fourth-order valence-corrected chi connectivity index (χ4v) is 5.32. The molecule has 0 spiro atoms. The van der Waals surface area contributed by atoms with Crippen molar-refractivity contribution in [2.75, 3.05) is 26.2 Å². The smallest absolute Gasteiger partial charge is 0.237 e. The molecule has 0 unspecified atom stereocenters. The van der Waals surface area contributed by atoms with Crippen molar-refractivity contribution in [2.24, 2.45) is 0 Å². The molecule has 1 fully saturated rings. The molecule has 4 rings (SSSR count). The molecule has 2 aliphatic rings. The molecule has 1 aromatic carbocycles. The maximum Gasteiger partial charge on any atom is 0.237 e. The van der Waals surface area contributed by atoms with E-state index in [0.29, 0.717) is 25.7 Å². The Morgan fingerprint density at radius 1 is 1.33 bits per heavy atom. The number of carbonyl (C=O) groups excluding carboxylic acids is 1. The molecule has 2 aromatic rings. The van der Waals surface area contributed by atoms with Crippen LogP contribution in [0.3, 0.4) is 0 Å². The summed E-state index contributed by atoms with van der Waals surface area (Å²) in [6.45, 7) is 8.03. The number of nitrogens with zero attached hydrogens (tertiary/aromatic N) is 2. The zero-order chi connectivity index (χ0) is 21.3. The molecule has 162 valence electrons. The first-order valence-corrected chi connectivity index (χ1v) is 11.8. The van der Waals surface area contributed by atoms with E-state index in [1.165, 1.54) is 16.0 Å². The molecule has 0 radical (unpaired) electrons. The lowest BCUT2D eigenvalue weighted by Gasteiger charge is -2.37. The molecule has 1 amide bonds. The van der Waals surface area contributed by atoms with Gasteiger partial charge in [-0.25, -0.2) is 0 Å². The van der Waals surface area contributed by atoms with Gasteiger partial charge < -0.3 is 14.7 Å². The van der Waals surface area contributed by atoms with Gasteiger partial charge in [-0.05, 0) is 68.7 Å². The van der Waals surface area contributed by atoms with Crippen molar-refractivity contribution in [3.63, 3.8) is 0 Å². The average Bonchev–Trinajstić information content (AvgIpc) is 3.43. The average molecular weight is 429 g/mol. The van der Waals surface area contributed by atoms with Gasteiger partial charge in [-0.3, -0.25) is 9.69 Å². The van der Waals surface area contributed by atoms with Crippen molar-refractivity contribution in [3.8, 4) is 5.75 Å². The number of benzene rings is 1. The minimum atomic E-state index is -0.424. The molecule has 1 aliphatic carbocycles. The normalized spacial score (nSPS) is 19.6. The van der Waals surface area contributed by atoms with Gasteiger partial charge in [-0.2, -0.15) is 0 Å². The van der Waals surface area contributed by atoms with Gasteiger partial charge in [0.1, 0.15) is 12.4 Å². The van der Waals surface area contributed by atoms with Crippen molar-refractivity contribution in [1.29, 1.82) is 0 Å². The first-order chi connectivity index (χ1) is 14.4. The summed E-state index contributed by atoms with van der Waals surface area (Å²) >= 11 is 1.77. The number of rotatable bonds is 8. The summed E-state index contributed by atoms with van der Waals surface area (Å²) in [4.78, 5) is 18.8. The highest BCUT2D eigenvalue weighted by Gasteiger charge is 2.36. The predicted octanol–water partition coefficient (Wildman–Crippen LogP) is 3.71. The van der Waals surface area contributed by atoms with Gasteiger partial charge >= 0.3 is 0 Å². The molecule has 1 aliphatic heterocycles. The Bertz CT molecular complexity index is 890. The van der Waals surface area contributed by atoms with E-state index in [4.69, 9.17) is 4.74 Å². The molecule has 5 nitrogen and oxygen atoms in total. The van der Waals surface area contributed by atoms with Crippen LogP contribution in [0.1, 0.15) is 47.4 Å². The summed E-state index contributed by atoms with van der Waals surface area (Å²) in [6.07, 6.45) is 2.72. The maximum absolute atomic E-state index is 13.3. The van der Waals surface area contributed by atoms with Gasteiger partial charge in [-0.1, -0.05) is 17.7 Å². The Hall–Kier alpha value is -1.89. The van der Waals surface area contributed by atoms with Crippen LogP contribution < -0.4 is 4.74 Å². The molecule has 1 saturated carbocycles. The molecule has 2 heterocycles. The van der Waals surface area contributed by atoms with Gasteiger partial charge in [0.15, 0.2) is 0 Å². The van der Waals surface area contributed by atoms with E-state index >= 15 is 0 Å². The van der Waals surface area contributed by atoms with Gasteiger partial charge in [0, 0.05) is 24.0 Å². The molecule has 2 atom stereocenters. The van der Waals surface area contributed by atoms with Crippen LogP contribution in [0, 0.1) is 13.8 Å². The summed E-state index contributed by atoms with van der Waals surface area (Å²) in [5.41, 5.74) is 3.55. The minimum Gasteiger partial charge on any atom is -0.491 e. The van der Waals surface area contributed by atoms with Crippen LogP contribution in [0.4, 0.5) is 0 Å². The number of carbonyl (C=O) groups is 1. The van der Waals surface area contributed by atoms with Crippen molar-refractivity contribution >= 4 is 17.2 Å². The highest BCUT2D eigenvalue weighted by Crippen LogP contribution is 2.35. The summed E-state index contributed by atoms with van der Waals surface area (Å²) in [7, 11) is 0. The van der Waals surface area contributed by atoms with Gasteiger partial charge in [-0.15, -0.1) is 11.3 Å². The molecule has 0 bridgehead atoms. The first-order valence-electron chi connectivity index (χ1n) is 10.9. The van der Waals surface area contributed by atoms with E-state index < -0.39 is 6.10 Å². The number of ether oxygens (including phenoxy) is 1. The molecule has 6 heteroatoms. The molecular weight excluding hydrogens is 396 g/mol. The van der Waals surface area contributed by atoms with Crippen molar-refractivity contribution in [2.45, 2.75) is 58.2 Å². The molecule has 0 saturated heterocycles. The van der Waals surface area contributed by atoms with Crippen LogP contribution in [-0.4, -0.2) is 59.2 Å². The van der Waals surface area contributed by atoms with E-state index in [1.807, 2.05) is 11.0 Å². The number of thiophene rings is 1. The Morgan fingerprint density at radius 2 is 2.13 bits per heavy atom. The number of amides is 1. The van der Waals surface area contributed by atoms with Crippen LogP contribution in [0.25, 0.3) is 0 Å². The maximum atomic E-state index is 13.3. The van der Waals surface area contributed by atoms with Gasteiger partial charge in [0.05, 0.1) is 18.7 Å². The highest BCUT2D eigenvalue weighted by molar-refractivity contribution is 7.10. The van der Waals surface area contributed by atoms with Crippen LogP contribution >= 0.6 is 11.3 Å². The largest absolute Gasteiger partial charge is 0.491 e. The molecule has 1 N–H and O–H groups in total. The number of hydrogen-bond donors (Lipinski definition) is 1. The van der Waals surface area contributed by atoms with E-state index in [0.717, 1.165) is 37.1 Å². The number of aliphatic hydroxyl groups is 1. The molecule has 1 aromatic heterocycles. The summed E-state index contributed by atoms with van der Waals surface area (Å²) < 4.78 is 6.22. The lowest BCUT2D eigenvalue weighted by Crippen LogP contribution is -2.48. The van der Waals surface area contributed by atoms with Crippen LogP contribution in [0.15, 0.2) is 29.6 Å². The lowest BCUT2D eigenvalue weighted by molar-refractivity contribution is -0.136. The summed E-state index contributed by atoms with van der Waals surface area (Å²) in [5, 5.41) is 12.0. The van der Waals surface area contributed by atoms with Crippen LogP contribution in [-0.2, 0) is 11.2 Å². The summed E-state index contributed by atoms with van der Waals surface area (Å²) in [5.74, 6) is 1.01. The first kappa shape index (κ1) is 21.3. The molecular formula is C24H32N2O3S. The fraction of sp³-hybridized carbons (Fsp3) is 0.542. The van der Waals surface area contributed by atoms with E-state index in [1.54, 1.807) is 18.3 Å². The minimum absolute atomic E-state index is 0.0687. The SMILES string of the molecule is Cc1ccc(OC[C@@H]2c3ccsc3CCN2C(=O)CN(C[C@@H](C)O)C2CC2)c(C)c1. The lowest BCUT2D eigenvalue weighted by atomic mass is 10.00. The van der Waals surface area contributed by atoms with Crippen molar-refractivity contribution < 1.29 is 14.6 Å². The topological polar surface area (TPSA) is 53.0 Å². The summed E-state index contributed by atoms with van der Waals surface area (Å²) in [6, 6.07) is 8.72. The third-order valence-corrected chi connectivity index (χ3v) is 7.04. The second-order valence-corrected chi connectivity index (χ2v) is 9.74. The van der Waals surface area contributed by atoms with Crippen LogP contribution in [0.2, 0.25) is 0 Å².